The Labute approximate surface area is 123 Å². The number of aromatic nitrogens is 1. The maximum absolute atomic E-state index is 12.0. The van der Waals surface area contributed by atoms with Gasteiger partial charge in [0.1, 0.15) is 4.88 Å². The van der Waals surface area contributed by atoms with Gasteiger partial charge < -0.3 is 16.4 Å². The molecule has 0 spiro atoms. The monoisotopic (exact) mass is 298 g/mol. The molecule has 112 valence electrons. The summed E-state index contributed by atoms with van der Waals surface area (Å²) in [7, 11) is 0. The van der Waals surface area contributed by atoms with Crippen LogP contribution >= 0.6 is 11.5 Å². The van der Waals surface area contributed by atoms with Crippen LogP contribution in [0.5, 0.6) is 0 Å². The molecule has 1 atom stereocenters. The topological polar surface area (TPSA) is 97.1 Å². The minimum absolute atomic E-state index is 0.0576. The van der Waals surface area contributed by atoms with E-state index in [4.69, 9.17) is 5.73 Å². The van der Waals surface area contributed by atoms with Crippen molar-refractivity contribution in [1.29, 1.82) is 0 Å². The van der Waals surface area contributed by atoms with E-state index in [2.05, 4.69) is 15.0 Å². The van der Waals surface area contributed by atoms with Crippen LogP contribution in [0.1, 0.15) is 54.3 Å². The molecule has 6 nitrogen and oxygen atoms in total. The molecule has 0 saturated heterocycles. The van der Waals surface area contributed by atoms with E-state index in [1.807, 2.05) is 27.7 Å². The summed E-state index contributed by atoms with van der Waals surface area (Å²) in [6.07, 6.45) is 0.826. The molecule has 0 bridgehead atoms. The SMILES string of the molecule is CC[C@H](C)NC(=O)c1snc(C(=O)NCC(C)C)c1N. The van der Waals surface area contributed by atoms with Crippen LogP contribution in [0.4, 0.5) is 5.69 Å². The quantitative estimate of drug-likeness (QED) is 0.743. The average molecular weight is 298 g/mol. The summed E-state index contributed by atoms with van der Waals surface area (Å²) in [5, 5.41) is 5.55. The van der Waals surface area contributed by atoms with Gasteiger partial charge in [0.15, 0.2) is 5.69 Å². The van der Waals surface area contributed by atoms with Gasteiger partial charge in [0.2, 0.25) is 0 Å². The second-order valence-electron chi connectivity index (χ2n) is 5.16. The zero-order valence-corrected chi connectivity index (χ0v) is 13.1. The summed E-state index contributed by atoms with van der Waals surface area (Å²) in [4.78, 5) is 24.2. The summed E-state index contributed by atoms with van der Waals surface area (Å²) < 4.78 is 3.99. The first-order valence-electron chi connectivity index (χ1n) is 6.71. The number of nitrogen functional groups attached to an aromatic ring is 1. The Morgan fingerprint density at radius 3 is 2.50 bits per heavy atom. The van der Waals surface area contributed by atoms with Gasteiger partial charge >= 0.3 is 0 Å². The van der Waals surface area contributed by atoms with Gasteiger partial charge in [-0.15, -0.1) is 0 Å². The third kappa shape index (κ3) is 4.19. The standard InChI is InChI=1S/C13H22N4O2S/c1-5-8(4)16-13(19)11-9(14)10(17-20-11)12(18)15-6-7(2)3/h7-8H,5-6,14H2,1-4H3,(H,15,18)(H,16,19)/t8-/m0/s1. The summed E-state index contributed by atoms with van der Waals surface area (Å²) in [5.74, 6) is -0.278. The van der Waals surface area contributed by atoms with Crippen molar-refractivity contribution in [2.24, 2.45) is 5.92 Å². The van der Waals surface area contributed by atoms with Crippen LogP contribution in [0.25, 0.3) is 0 Å². The highest BCUT2D eigenvalue weighted by Gasteiger charge is 2.22. The minimum Gasteiger partial charge on any atom is -0.395 e. The van der Waals surface area contributed by atoms with Crippen molar-refractivity contribution < 1.29 is 9.59 Å². The molecule has 0 aromatic carbocycles. The fourth-order valence-corrected chi connectivity index (χ4v) is 2.10. The Hall–Kier alpha value is -1.63. The Kier molecular flexibility index (Phi) is 5.94. The summed E-state index contributed by atoms with van der Waals surface area (Å²) in [6.45, 7) is 8.42. The fraction of sp³-hybridized carbons (Fsp3) is 0.615. The number of rotatable bonds is 6. The van der Waals surface area contributed by atoms with Crippen molar-refractivity contribution in [2.45, 2.75) is 40.2 Å². The van der Waals surface area contributed by atoms with E-state index in [0.29, 0.717) is 17.3 Å². The van der Waals surface area contributed by atoms with Gasteiger partial charge in [-0.25, -0.2) is 0 Å². The molecule has 7 heteroatoms. The number of carbonyl (C=O) groups is 2. The predicted octanol–water partition coefficient (Wildman–Crippen LogP) is 1.64. The second kappa shape index (κ2) is 7.23. The van der Waals surface area contributed by atoms with E-state index in [-0.39, 0.29) is 29.2 Å². The number of nitrogens with zero attached hydrogens (tertiary/aromatic N) is 1. The van der Waals surface area contributed by atoms with Crippen LogP contribution in [0.15, 0.2) is 0 Å². The van der Waals surface area contributed by atoms with E-state index >= 15 is 0 Å². The molecule has 1 heterocycles. The maximum Gasteiger partial charge on any atom is 0.273 e. The lowest BCUT2D eigenvalue weighted by Gasteiger charge is -2.10. The molecular weight excluding hydrogens is 276 g/mol. The largest absolute Gasteiger partial charge is 0.395 e. The third-order valence-electron chi connectivity index (χ3n) is 2.81. The van der Waals surface area contributed by atoms with Crippen molar-refractivity contribution in [3.63, 3.8) is 0 Å². The molecule has 0 fully saturated rings. The first-order chi connectivity index (χ1) is 9.36. The molecule has 0 aliphatic rings. The fourth-order valence-electron chi connectivity index (χ4n) is 1.40. The summed E-state index contributed by atoms with van der Waals surface area (Å²) >= 11 is 0.951. The molecule has 1 aromatic rings. The van der Waals surface area contributed by atoms with Gasteiger partial charge in [-0.05, 0) is 30.8 Å². The number of hydrogen-bond acceptors (Lipinski definition) is 5. The normalized spacial score (nSPS) is 12.2. The van der Waals surface area contributed by atoms with Gasteiger partial charge in [-0.3, -0.25) is 9.59 Å². The highest BCUT2D eigenvalue weighted by molar-refractivity contribution is 7.09. The number of anilines is 1. The van der Waals surface area contributed by atoms with Crippen molar-refractivity contribution in [3.8, 4) is 0 Å². The van der Waals surface area contributed by atoms with Crippen molar-refractivity contribution >= 4 is 29.0 Å². The number of amides is 2. The van der Waals surface area contributed by atoms with Gasteiger partial charge in [-0.1, -0.05) is 20.8 Å². The lowest BCUT2D eigenvalue weighted by molar-refractivity contribution is 0.0941. The number of hydrogen-bond donors (Lipinski definition) is 3. The number of nitrogens with two attached hydrogens (primary N) is 1. The molecule has 0 radical (unpaired) electrons. The molecule has 1 rings (SSSR count). The first-order valence-corrected chi connectivity index (χ1v) is 7.48. The predicted molar refractivity (Wildman–Crippen MR) is 80.9 cm³/mol. The number of carbonyl (C=O) groups excluding carboxylic acids is 2. The lowest BCUT2D eigenvalue weighted by Crippen LogP contribution is -2.32. The van der Waals surface area contributed by atoms with Crippen LogP contribution < -0.4 is 16.4 Å². The Morgan fingerprint density at radius 1 is 1.30 bits per heavy atom. The van der Waals surface area contributed by atoms with Gasteiger partial charge in [-0.2, -0.15) is 4.37 Å². The molecule has 2 amide bonds. The Balaban J connectivity index is 2.78. The molecule has 0 unspecified atom stereocenters. The van der Waals surface area contributed by atoms with E-state index in [1.54, 1.807) is 0 Å². The molecule has 1 aromatic heterocycles. The molecule has 0 saturated carbocycles. The van der Waals surface area contributed by atoms with Crippen LogP contribution in [0, 0.1) is 5.92 Å². The highest BCUT2D eigenvalue weighted by atomic mass is 32.1. The zero-order chi connectivity index (χ0) is 15.3. The smallest absolute Gasteiger partial charge is 0.273 e. The van der Waals surface area contributed by atoms with Gasteiger partial charge in [0.25, 0.3) is 11.8 Å². The Bertz CT molecular complexity index is 485. The third-order valence-corrected chi connectivity index (χ3v) is 3.67. The second-order valence-corrected chi connectivity index (χ2v) is 5.93. The van der Waals surface area contributed by atoms with Crippen LogP contribution in [0.3, 0.4) is 0 Å². The van der Waals surface area contributed by atoms with E-state index < -0.39 is 0 Å². The Morgan fingerprint density at radius 2 is 1.95 bits per heavy atom. The summed E-state index contributed by atoms with van der Waals surface area (Å²) in [5.41, 5.74) is 6.13. The molecule has 20 heavy (non-hydrogen) atoms. The molecule has 0 aliphatic heterocycles. The van der Waals surface area contributed by atoms with Gasteiger partial charge in [0, 0.05) is 12.6 Å². The average Bonchev–Trinajstić information content (AvgIpc) is 2.77. The van der Waals surface area contributed by atoms with Crippen molar-refractivity contribution in [3.05, 3.63) is 10.6 Å². The number of nitrogens with one attached hydrogen (secondary N) is 2. The van der Waals surface area contributed by atoms with E-state index in [1.165, 1.54) is 0 Å². The molecule has 0 aliphatic carbocycles. The molecule has 4 N–H and O–H groups in total. The maximum atomic E-state index is 12.0. The van der Waals surface area contributed by atoms with E-state index in [0.717, 1.165) is 18.0 Å². The van der Waals surface area contributed by atoms with Crippen LogP contribution in [0.2, 0.25) is 0 Å². The van der Waals surface area contributed by atoms with Crippen LogP contribution in [-0.4, -0.2) is 28.8 Å². The molecular formula is C13H22N4O2S. The first kappa shape index (κ1) is 16.4. The van der Waals surface area contributed by atoms with Crippen LogP contribution in [-0.2, 0) is 0 Å². The van der Waals surface area contributed by atoms with Crippen molar-refractivity contribution in [2.75, 3.05) is 12.3 Å². The van der Waals surface area contributed by atoms with Gasteiger partial charge in [0.05, 0.1) is 5.69 Å². The minimum atomic E-state index is -0.338. The highest BCUT2D eigenvalue weighted by Crippen LogP contribution is 2.21. The van der Waals surface area contributed by atoms with E-state index in [9.17, 15) is 9.59 Å². The van der Waals surface area contributed by atoms with Crippen molar-refractivity contribution in [1.82, 2.24) is 15.0 Å². The lowest BCUT2D eigenvalue weighted by atomic mass is 10.2. The zero-order valence-electron chi connectivity index (χ0n) is 12.3. The summed E-state index contributed by atoms with van der Waals surface area (Å²) in [6, 6.07) is 0.0576.